The lowest BCUT2D eigenvalue weighted by molar-refractivity contribution is -0.151. The Balaban J connectivity index is 2.09. The quantitative estimate of drug-likeness (QED) is 0.541. The Labute approximate surface area is 169 Å². The maximum atomic E-state index is 12.6. The number of nitrogens with one attached hydrogen (secondary N) is 2. The van der Waals surface area contributed by atoms with Crippen LogP contribution in [0, 0.1) is 0 Å². The van der Waals surface area contributed by atoms with E-state index < -0.39 is 17.9 Å². The zero-order chi connectivity index (χ0) is 20.7. The molecule has 2 N–H and O–H groups in total. The first-order valence-corrected chi connectivity index (χ1v) is 9.50. The third-order valence-corrected chi connectivity index (χ3v) is 4.77. The van der Waals surface area contributed by atoms with Crippen molar-refractivity contribution in [3.05, 3.63) is 29.8 Å². The van der Waals surface area contributed by atoms with Gasteiger partial charge in [-0.3, -0.25) is 19.7 Å². The largest absolute Gasteiger partial charge is 0.496 e. The molecule has 0 aromatic heterocycles. The van der Waals surface area contributed by atoms with Crippen LogP contribution < -0.4 is 15.4 Å². The second-order valence-corrected chi connectivity index (χ2v) is 6.76. The molecule has 1 aliphatic heterocycles. The van der Waals surface area contributed by atoms with E-state index in [1.54, 1.807) is 36.1 Å². The normalized spacial score (nSPS) is 17.3. The zero-order valence-electron chi connectivity index (χ0n) is 16.2. The number of para-hydroxylation sites is 1. The van der Waals surface area contributed by atoms with Gasteiger partial charge >= 0.3 is 5.97 Å². The summed E-state index contributed by atoms with van der Waals surface area (Å²) >= 11 is 5.34. The summed E-state index contributed by atoms with van der Waals surface area (Å²) in [5, 5.41) is 5.41. The summed E-state index contributed by atoms with van der Waals surface area (Å²) in [6, 6.07) is 5.90. The van der Waals surface area contributed by atoms with E-state index >= 15 is 0 Å². The first kappa shape index (κ1) is 21.6. The zero-order valence-corrected chi connectivity index (χ0v) is 17.0. The Morgan fingerprint density at radius 2 is 2.11 bits per heavy atom. The molecule has 2 unspecified atom stereocenters. The predicted octanol–water partition coefficient (Wildman–Crippen LogP) is 1.24. The molecule has 28 heavy (non-hydrogen) atoms. The van der Waals surface area contributed by atoms with Gasteiger partial charge in [-0.1, -0.05) is 19.1 Å². The number of methoxy groups -OCH3 is 1. The molecule has 0 spiro atoms. The van der Waals surface area contributed by atoms with Crippen LogP contribution in [0.25, 0.3) is 0 Å². The lowest BCUT2D eigenvalue weighted by Crippen LogP contribution is -2.60. The van der Waals surface area contributed by atoms with Crippen LogP contribution in [-0.2, 0) is 14.3 Å². The highest BCUT2D eigenvalue weighted by Gasteiger charge is 2.34. The third-order valence-electron chi connectivity index (χ3n) is 4.43. The smallest absolute Gasteiger partial charge is 0.308 e. The van der Waals surface area contributed by atoms with Crippen molar-refractivity contribution in [1.82, 2.24) is 15.5 Å². The number of ether oxygens (including phenoxy) is 2. The summed E-state index contributed by atoms with van der Waals surface area (Å²) in [4.78, 5) is 38.6. The van der Waals surface area contributed by atoms with Gasteiger partial charge in [0.05, 0.1) is 25.2 Å². The Morgan fingerprint density at radius 3 is 2.79 bits per heavy atom. The van der Waals surface area contributed by atoms with Crippen LogP contribution in [0.4, 0.5) is 0 Å². The van der Waals surface area contributed by atoms with Gasteiger partial charge < -0.3 is 19.7 Å². The fraction of sp³-hybridized carbons (Fsp3) is 0.474. The number of carbonyl (C=O) groups is 3. The van der Waals surface area contributed by atoms with Crippen LogP contribution in [0.2, 0.25) is 0 Å². The summed E-state index contributed by atoms with van der Waals surface area (Å²) in [6.45, 7) is 4.42. The van der Waals surface area contributed by atoms with Crippen LogP contribution >= 0.6 is 12.2 Å². The summed E-state index contributed by atoms with van der Waals surface area (Å²) < 4.78 is 10.5. The van der Waals surface area contributed by atoms with Crippen molar-refractivity contribution in [2.75, 3.05) is 20.2 Å². The number of hydrogen-bond donors (Lipinski definition) is 2. The summed E-state index contributed by atoms with van der Waals surface area (Å²) in [6.07, 6.45) is 0.297. The topological polar surface area (TPSA) is 97.0 Å². The Morgan fingerprint density at radius 1 is 1.39 bits per heavy atom. The van der Waals surface area contributed by atoms with Gasteiger partial charge in [0.25, 0.3) is 5.91 Å². The summed E-state index contributed by atoms with van der Waals surface area (Å²) in [7, 11) is 1.47. The maximum Gasteiger partial charge on any atom is 0.308 e. The van der Waals surface area contributed by atoms with E-state index in [-0.39, 0.29) is 23.5 Å². The third kappa shape index (κ3) is 5.41. The minimum absolute atomic E-state index is 0.0760. The molecular formula is C19H25N3O5S. The predicted molar refractivity (Wildman–Crippen MR) is 107 cm³/mol. The van der Waals surface area contributed by atoms with E-state index in [2.05, 4.69) is 10.6 Å². The molecular weight excluding hydrogens is 382 g/mol. The van der Waals surface area contributed by atoms with Gasteiger partial charge in [-0.05, 0) is 37.7 Å². The van der Waals surface area contributed by atoms with Crippen LogP contribution in [0.5, 0.6) is 5.75 Å². The molecule has 1 fully saturated rings. The number of hydrogen-bond acceptors (Lipinski definition) is 6. The fourth-order valence-corrected chi connectivity index (χ4v) is 3.05. The van der Waals surface area contributed by atoms with E-state index in [1.807, 2.05) is 6.92 Å². The molecule has 8 nitrogen and oxygen atoms in total. The highest BCUT2D eigenvalue weighted by atomic mass is 32.1. The van der Waals surface area contributed by atoms with Crippen molar-refractivity contribution in [2.45, 2.75) is 38.8 Å². The number of carbonyl (C=O) groups excluding carboxylic acids is 3. The van der Waals surface area contributed by atoms with Crippen molar-refractivity contribution >= 4 is 35.1 Å². The Bertz CT molecular complexity index is 755. The van der Waals surface area contributed by atoms with Gasteiger partial charge in [0.15, 0.2) is 5.11 Å². The molecule has 1 aromatic carbocycles. The number of rotatable bonds is 6. The molecule has 2 atom stereocenters. The van der Waals surface area contributed by atoms with Crippen molar-refractivity contribution in [2.24, 2.45) is 0 Å². The second kappa shape index (κ2) is 10.0. The van der Waals surface area contributed by atoms with E-state index in [0.717, 1.165) is 0 Å². The van der Waals surface area contributed by atoms with Crippen LogP contribution in [-0.4, -0.2) is 60.1 Å². The van der Waals surface area contributed by atoms with Gasteiger partial charge in [-0.15, -0.1) is 0 Å². The first-order chi connectivity index (χ1) is 13.4. The van der Waals surface area contributed by atoms with Crippen molar-refractivity contribution < 1.29 is 23.9 Å². The SMILES string of the molecule is CCC(C)OC(=O)CC1C(=O)NCCN1C(=S)NC(=O)c1ccccc1OC. The molecule has 1 aromatic rings. The lowest BCUT2D eigenvalue weighted by Gasteiger charge is -2.36. The molecule has 0 bridgehead atoms. The van der Waals surface area contributed by atoms with Crippen LogP contribution in [0.1, 0.15) is 37.0 Å². The number of benzene rings is 1. The average molecular weight is 407 g/mol. The van der Waals surface area contributed by atoms with E-state index in [1.165, 1.54) is 7.11 Å². The standard InChI is InChI=1S/C19H25N3O5S/c1-4-12(2)27-16(23)11-14-18(25)20-9-10-22(14)19(28)21-17(24)13-7-5-6-8-15(13)26-3/h5-8,12,14H,4,9-11H2,1-3H3,(H,20,25)(H,21,24,28). The van der Waals surface area contributed by atoms with Crippen molar-refractivity contribution in [3.8, 4) is 5.75 Å². The average Bonchev–Trinajstić information content (AvgIpc) is 2.69. The highest BCUT2D eigenvalue weighted by Crippen LogP contribution is 2.18. The molecule has 2 rings (SSSR count). The maximum absolute atomic E-state index is 12.6. The fourth-order valence-electron chi connectivity index (χ4n) is 2.74. The number of thiocarbonyl (C=S) groups is 1. The molecule has 1 heterocycles. The summed E-state index contributed by atoms with van der Waals surface area (Å²) in [5.74, 6) is -0.858. The van der Waals surface area contributed by atoms with Gasteiger partial charge in [-0.2, -0.15) is 0 Å². The molecule has 0 radical (unpaired) electrons. The van der Waals surface area contributed by atoms with E-state index in [0.29, 0.717) is 30.8 Å². The Kier molecular flexibility index (Phi) is 7.74. The van der Waals surface area contributed by atoms with Crippen molar-refractivity contribution in [3.63, 3.8) is 0 Å². The number of amides is 2. The first-order valence-electron chi connectivity index (χ1n) is 9.09. The highest BCUT2D eigenvalue weighted by molar-refractivity contribution is 7.80. The number of nitrogens with zero attached hydrogens (tertiary/aromatic N) is 1. The lowest BCUT2D eigenvalue weighted by atomic mass is 10.1. The monoisotopic (exact) mass is 407 g/mol. The van der Waals surface area contributed by atoms with Gasteiger partial charge in [0, 0.05) is 13.1 Å². The summed E-state index contributed by atoms with van der Waals surface area (Å²) in [5.41, 5.74) is 0.321. The molecule has 1 aliphatic rings. The Hall–Kier alpha value is -2.68. The van der Waals surface area contributed by atoms with Crippen LogP contribution in [0.15, 0.2) is 24.3 Å². The van der Waals surface area contributed by atoms with Gasteiger partial charge in [0.1, 0.15) is 11.8 Å². The molecule has 0 saturated carbocycles. The van der Waals surface area contributed by atoms with Crippen LogP contribution in [0.3, 0.4) is 0 Å². The molecule has 2 amide bonds. The minimum atomic E-state index is -0.837. The van der Waals surface area contributed by atoms with E-state index in [9.17, 15) is 14.4 Å². The molecule has 152 valence electrons. The van der Waals surface area contributed by atoms with Gasteiger partial charge in [-0.25, -0.2) is 0 Å². The van der Waals surface area contributed by atoms with Crippen molar-refractivity contribution in [1.29, 1.82) is 0 Å². The number of piperazine rings is 1. The molecule has 1 saturated heterocycles. The molecule has 0 aliphatic carbocycles. The minimum Gasteiger partial charge on any atom is -0.496 e. The molecule has 9 heteroatoms. The van der Waals surface area contributed by atoms with Gasteiger partial charge in [0.2, 0.25) is 5.91 Å². The second-order valence-electron chi connectivity index (χ2n) is 6.37. The van der Waals surface area contributed by atoms with E-state index in [4.69, 9.17) is 21.7 Å². The number of esters is 1.